The Bertz CT molecular complexity index is 971. The maximum Gasteiger partial charge on any atom is 0.261 e. The number of benzene rings is 3. The Morgan fingerprint density at radius 1 is 1.00 bits per heavy atom. The van der Waals surface area contributed by atoms with Crippen molar-refractivity contribution in [2.24, 2.45) is 0 Å². The van der Waals surface area contributed by atoms with Gasteiger partial charge in [-0.25, -0.2) is 0 Å². The Morgan fingerprint density at radius 2 is 1.72 bits per heavy atom. The van der Waals surface area contributed by atoms with E-state index in [1.165, 1.54) is 5.56 Å². The van der Waals surface area contributed by atoms with Crippen LogP contribution in [0.2, 0.25) is 0 Å². The van der Waals surface area contributed by atoms with Gasteiger partial charge < -0.3 is 15.0 Å². The summed E-state index contributed by atoms with van der Waals surface area (Å²) in [5.41, 5.74) is 5.76. The summed E-state index contributed by atoms with van der Waals surface area (Å²) in [5.74, 6) is 0.739. The molecule has 1 aliphatic heterocycles. The van der Waals surface area contributed by atoms with Gasteiger partial charge in [0.1, 0.15) is 5.75 Å². The van der Waals surface area contributed by atoms with E-state index in [-0.39, 0.29) is 5.91 Å². The molecule has 0 saturated heterocycles. The molecule has 3 aromatic rings. The smallest absolute Gasteiger partial charge is 0.261 e. The van der Waals surface area contributed by atoms with Crippen LogP contribution in [0.1, 0.15) is 16.7 Å². The van der Waals surface area contributed by atoms with Crippen LogP contribution in [0.5, 0.6) is 5.75 Å². The predicted octanol–water partition coefficient (Wildman–Crippen LogP) is 4.04. The number of para-hydroxylation sites is 1. The third-order valence-electron chi connectivity index (χ3n) is 5.17. The summed E-state index contributed by atoms with van der Waals surface area (Å²) < 4.78 is 5.80. The first-order valence-electron chi connectivity index (χ1n) is 9.94. The minimum Gasteiger partial charge on any atom is -0.480 e. The van der Waals surface area contributed by atoms with Crippen molar-refractivity contribution in [3.8, 4) is 16.9 Å². The minimum absolute atomic E-state index is 0.0719. The molecule has 4 nitrogen and oxygen atoms in total. The molecule has 0 aliphatic carbocycles. The van der Waals surface area contributed by atoms with Crippen LogP contribution in [0.15, 0.2) is 72.8 Å². The van der Waals surface area contributed by atoms with Gasteiger partial charge >= 0.3 is 0 Å². The summed E-state index contributed by atoms with van der Waals surface area (Å²) >= 11 is 0. The molecule has 1 heterocycles. The van der Waals surface area contributed by atoms with Gasteiger partial charge in [-0.15, -0.1) is 0 Å². The van der Waals surface area contributed by atoms with Crippen molar-refractivity contribution in [3.05, 3.63) is 89.5 Å². The molecule has 0 bridgehead atoms. The van der Waals surface area contributed by atoms with Gasteiger partial charge in [0, 0.05) is 19.5 Å². The summed E-state index contributed by atoms with van der Waals surface area (Å²) in [7, 11) is 4.14. The van der Waals surface area contributed by atoms with Crippen LogP contribution in [0.25, 0.3) is 11.1 Å². The fourth-order valence-corrected chi connectivity index (χ4v) is 3.74. The molecule has 0 unspecified atom stereocenters. The highest BCUT2D eigenvalue weighted by Gasteiger charge is 2.28. The molecular weight excluding hydrogens is 360 g/mol. The van der Waals surface area contributed by atoms with Crippen molar-refractivity contribution in [1.29, 1.82) is 0 Å². The molecular formula is C25H26N2O2. The zero-order valence-electron chi connectivity index (χ0n) is 16.9. The number of amides is 1. The molecule has 4 heteroatoms. The van der Waals surface area contributed by atoms with Crippen LogP contribution in [-0.4, -0.2) is 31.0 Å². The topological polar surface area (TPSA) is 41.6 Å². The molecule has 1 amide bonds. The average molecular weight is 386 g/mol. The van der Waals surface area contributed by atoms with Crippen molar-refractivity contribution in [3.63, 3.8) is 0 Å². The highest BCUT2D eigenvalue weighted by Crippen LogP contribution is 2.28. The van der Waals surface area contributed by atoms with Gasteiger partial charge in [-0.3, -0.25) is 4.79 Å². The summed E-state index contributed by atoms with van der Waals surface area (Å²) in [4.78, 5) is 14.8. The largest absolute Gasteiger partial charge is 0.480 e. The SMILES string of the molecule is CN(C)Cc1ccc(-c2ccccc2CNC(=O)[C@H]2Cc3ccccc3O2)cc1. The maximum atomic E-state index is 12.6. The van der Waals surface area contributed by atoms with E-state index in [0.717, 1.165) is 34.5 Å². The lowest BCUT2D eigenvalue weighted by atomic mass is 9.98. The fraction of sp³-hybridized carbons (Fsp3) is 0.240. The minimum atomic E-state index is -0.454. The van der Waals surface area contributed by atoms with Crippen molar-refractivity contribution in [2.75, 3.05) is 14.1 Å². The quantitative estimate of drug-likeness (QED) is 0.695. The van der Waals surface area contributed by atoms with Crippen molar-refractivity contribution in [2.45, 2.75) is 25.6 Å². The second-order valence-corrected chi connectivity index (χ2v) is 7.73. The molecule has 0 saturated carbocycles. The van der Waals surface area contributed by atoms with E-state index in [1.54, 1.807) is 0 Å². The van der Waals surface area contributed by atoms with Crippen LogP contribution >= 0.6 is 0 Å². The zero-order valence-corrected chi connectivity index (χ0v) is 16.9. The molecule has 29 heavy (non-hydrogen) atoms. The number of carbonyl (C=O) groups is 1. The van der Waals surface area contributed by atoms with E-state index in [9.17, 15) is 4.79 Å². The number of hydrogen-bond donors (Lipinski definition) is 1. The van der Waals surface area contributed by atoms with Crippen LogP contribution in [0, 0.1) is 0 Å². The first-order chi connectivity index (χ1) is 14.1. The van der Waals surface area contributed by atoms with Gasteiger partial charge in [0.15, 0.2) is 6.10 Å². The van der Waals surface area contributed by atoms with E-state index < -0.39 is 6.10 Å². The van der Waals surface area contributed by atoms with Crippen LogP contribution in [-0.2, 0) is 24.3 Å². The summed E-state index contributed by atoms with van der Waals surface area (Å²) in [5, 5.41) is 3.05. The molecule has 3 aromatic carbocycles. The molecule has 1 N–H and O–H groups in total. The standard InChI is InChI=1S/C25H26N2O2/c1-27(2)17-18-11-13-19(14-12-18)22-9-5-3-8-21(22)16-26-25(28)24-15-20-7-4-6-10-23(20)29-24/h3-14,24H,15-17H2,1-2H3,(H,26,28)/t24-/m1/s1. The summed E-state index contributed by atoms with van der Waals surface area (Å²) in [6.07, 6.45) is 0.168. The zero-order chi connectivity index (χ0) is 20.2. The van der Waals surface area contributed by atoms with Gasteiger partial charge in [-0.2, -0.15) is 0 Å². The molecule has 1 aliphatic rings. The fourth-order valence-electron chi connectivity index (χ4n) is 3.74. The van der Waals surface area contributed by atoms with Gasteiger partial charge in [-0.1, -0.05) is 66.7 Å². The third kappa shape index (κ3) is 4.49. The van der Waals surface area contributed by atoms with E-state index in [1.807, 2.05) is 36.4 Å². The molecule has 0 aromatic heterocycles. The van der Waals surface area contributed by atoms with Crippen LogP contribution in [0.4, 0.5) is 0 Å². The second-order valence-electron chi connectivity index (χ2n) is 7.73. The van der Waals surface area contributed by atoms with Gasteiger partial charge in [0.2, 0.25) is 0 Å². The summed E-state index contributed by atoms with van der Waals surface area (Å²) in [6, 6.07) is 24.7. The Morgan fingerprint density at radius 3 is 2.48 bits per heavy atom. The van der Waals surface area contributed by atoms with Gasteiger partial charge in [0.05, 0.1) is 0 Å². The van der Waals surface area contributed by atoms with Crippen LogP contribution < -0.4 is 10.1 Å². The van der Waals surface area contributed by atoms with E-state index >= 15 is 0 Å². The highest BCUT2D eigenvalue weighted by atomic mass is 16.5. The molecule has 4 rings (SSSR count). The van der Waals surface area contributed by atoms with Crippen molar-refractivity contribution < 1.29 is 9.53 Å². The Hall–Kier alpha value is -3.11. The van der Waals surface area contributed by atoms with Crippen molar-refractivity contribution >= 4 is 5.91 Å². The predicted molar refractivity (Wildman–Crippen MR) is 116 cm³/mol. The number of rotatable bonds is 6. The van der Waals surface area contributed by atoms with Gasteiger partial charge in [-0.05, 0) is 48.0 Å². The number of ether oxygens (including phenoxy) is 1. The van der Waals surface area contributed by atoms with Crippen LogP contribution in [0.3, 0.4) is 0 Å². The number of fused-ring (bicyclic) bond motifs is 1. The highest BCUT2D eigenvalue weighted by molar-refractivity contribution is 5.82. The average Bonchev–Trinajstić information content (AvgIpc) is 3.17. The van der Waals surface area contributed by atoms with E-state index in [2.05, 4.69) is 60.7 Å². The molecule has 0 radical (unpaired) electrons. The third-order valence-corrected chi connectivity index (χ3v) is 5.17. The Kier molecular flexibility index (Phi) is 5.63. The lowest BCUT2D eigenvalue weighted by Gasteiger charge is -2.15. The van der Waals surface area contributed by atoms with E-state index in [4.69, 9.17) is 4.74 Å². The van der Waals surface area contributed by atoms with Crippen molar-refractivity contribution in [1.82, 2.24) is 10.2 Å². The van der Waals surface area contributed by atoms with E-state index in [0.29, 0.717) is 13.0 Å². The molecule has 0 fully saturated rings. The number of nitrogens with one attached hydrogen (secondary N) is 1. The number of nitrogens with zero attached hydrogens (tertiary/aromatic N) is 1. The lowest BCUT2D eigenvalue weighted by Crippen LogP contribution is -2.37. The number of hydrogen-bond acceptors (Lipinski definition) is 3. The number of carbonyl (C=O) groups excluding carboxylic acids is 1. The lowest BCUT2D eigenvalue weighted by molar-refractivity contribution is -0.127. The molecule has 1 atom stereocenters. The Labute approximate surface area is 172 Å². The Balaban J connectivity index is 1.43. The monoisotopic (exact) mass is 386 g/mol. The second kappa shape index (κ2) is 8.50. The molecule has 0 spiro atoms. The first-order valence-corrected chi connectivity index (χ1v) is 9.94. The first kappa shape index (κ1) is 19.2. The normalized spacial score (nSPS) is 15.1. The van der Waals surface area contributed by atoms with Gasteiger partial charge in [0.25, 0.3) is 5.91 Å². The molecule has 148 valence electrons. The maximum absolute atomic E-state index is 12.6. The summed E-state index contributed by atoms with van der Waals surface area (Å²) in [6.45, 7) is 1.40.